The zero-order chi connectivity index (χ0) is 13.6. The van der Waals surface area contributed by atoms with E-state index in [1.807, 2.05) is 0 Å². The number of hydrogen-bond donors (Lipinski definition) is 1. The normalized spacial score (nSPS) is 28.5. The van der Waals surface area contributed by atoms with Gasteiger partial charge in [0.05, 0.1) is 10.3 Å². The predicted octanol–water partition coefficient (Wildman–Crippen LogP) is 1.19. The third-order valence-corrected chi connectivity index (χ3v) is 4.08. The Morgan fingerprint density at radius 2 is 2.00 bits per heavy atom. The minimum atomic E-state index is -0.634. The van der Waals surface area contributed by atoms with Gasteiger partial charge in [-0.25, -0.2) is 0 Å². The molecule has 1 aromatic carbocycles. The van der Waals surface area contributed by atoms with Gasteiger partial charge in [0.2, 0.25) is 11.8 Å². The third kappa shape index (κ3) is 1.71. The van der Waals surface area contributed by atoms with E-state index < -0.39 is 10.3 Å². The van der Waals surface area contributed by atoms with Gasteiger partial charge in [0.25, 0.3) is 5.69 Å². The number of imide groups is 1. The molecule has 1 aromatic rings. The molecule has 0 spiro atoms. The van der Waals surface area contributed by atoms with Crippen LogP contribution in [0.5, 0.6) is 0 Å². The molecule has 2 amide bonds. The van der Waals surface area contributed by atoms with Crippen LogP contribution in [-0.4, -0.2) is 16.7 Å². The molecule has 4 rings (SSSR count). The van der Waals surface area contributed by atoms with Crippen LogP contribution in [0.15, 0.2) is 24.3 Å². The van der Waals surface area contributed by atoms with Crippen molar-refractivity contribution < 1.29 is 14.5 Å². The Bertz CT molecular complexity index is 590. The molecule has 1 N–H and O–H groups in total. The van der Waals surface area contributed by atoms with Gasteiger partial charge in [0, 0.05) is 17.5 Å². The van der Waals surface area contributed by atoms with E-state index in [0.717, 1.165) is 0 Å². The molecule has 0 unspecified atom stereocenters. The van der Waals surface area contributed by atoms with Gasteiger partial charge in [0.1, 0.15) is 0 Å². The van der Waals surface area contributed by atoms with Crippen molar-refractivity contribution in [2.75, 3.05) is 0 Å². The molecule has 6 heteroatoms. The van der Waals surface area contributed by atoms with Crippen LogP contribution in [0.1, 0.15) is 18.4 Å². The largest absolute Gasteiger partial charge is 0.296 e. The smallest absolute Gasteiger partial charge is 0.272 e. The van der Waals surface area contributed by atoms with E-state index in [1.54, 1.807) is 18.2 Å². The second kappa shape index (κ2) is 3.88. The second-order valence-corrected chi connectivity index (χ2v) is 5.27. The first-order valence-corrected chi connectivity index (χ1v) is 6.09. The van der Waals surface area contributed by atoms with E-state index in [1.165, 1.54) is 6.07 Å². The molecular weight excluding hydrogens is 248 g/mol. The summed E-state index contributed by atoms with van der Waals surface area (Å²) in [4.78, 5) is 33.8. The minimum absolute atomic E-state index is 0.0324. The molecule has 1 aliphatic carbocycles. The van der Waals surface area contributed by atoms with Crippen LogP contribution < -0.4 is 5.32 Å². The molecule has 98 valence electrons. The first-order chi connectivity index (χ1) is 9.02. The van der Waals surface area contributed by atoms with E-state index in [-0.39, 0.29) is 23.4 Å². The van der Waals surface area contributed by atoms with Gasteiger partial charge in [-0.1, -0.05) is 18.2 Å². The standard InChI is InChI=1S/C13H12N2O4/c16-11-9-6-13(7-9,12(17)14-11)5-8-3-1-2-4-10(8)15(18)19/h1-4,9H,5-7H2,(H,14,16,17). The number of carbonyl (C=O) groups is 2. The molecule has 1 saturated carbocycles. The van der Waals surface area contributed by atoms with E-state index in [4.69, 9.17) is 0 Å². The topological polar surface area (TPSA) is 89.3 Å². The Hall–Kier alpha value is -2.24. The SMILES string of the molecule is O=C1NC(=O)C2(Cc3ccccc3[N+](=O)[O-])CC1C2. The molecular formula is C13H12N2O4. The summed E-state index contributed by atoms with van der Waals surface area (Å²) in [7, 11) is 0. The maximum absolute atomic E-state index is 11.9. The molecule has 0 aromatic heterocycles. The highest BCUT2D eigenvalue weighted by Crippen LogP contribution is 2.51. The Morgan fingerprint density at radius 1 is 1.32 bits per heavy atom. The lowest BCUT2D eigenvalue weighted by atomic mass is 9.56. The number of nitro groups is 1. The number of nitro benzene ring substituents is 1. The van der Waals surface area contributed by atoms with Crippen LogP contribution in [0.3, 0.4) is 0 Å². The van der Waals surface area contributed by atoms with Crippen LogP contribution in [0.25, 0.3) is 0 Å². The van der Waals surface area contributed by atoms with Crippen molar-refractivity contribution in [3.63, 3.8) is 0 Å². The Balaban J connectivity index is 1.89. The fraction of sp³-hybridized carbons (Fsp3) is 0.385. The fourth-order valence-corrected chi connectivity index (χ4v) is 3.03. The highest BCUT2D eigenvalue weighted by atomic mass is 16.6. The number of benzene rings is 1. The third-order valence-electron chi connectivity index (χ3n) is 4.08. The number of nitrogens with zero attached hydrogens (tertiary/aromatic N) is 1. The number of piperidine rings is 2. The summed E-state index contributed by atoms with van der Waals surface area (Å²) in [5.41, 5.74) is -0.0505. The van der Waals surface area contributed by atoms with Crippen molar-refractivity contribution in [2.45, 2.75) is 19.3 Å². The zero-order valence-electron chi connectivity index (χ0n) is 10.1. The summed E-state index contributed by atoms with van der Waals surface area (Å²) < 4.78 is 0. The summed E-state index contributed by atoms with van der Waals surface area (Å²) in [6.07, 6.45) is 1.33. The highest BCUT2D eigenvalue weighted by molar-refractivity contribution is 6.05. The first kappa shape index (κ1) is 11.8. The van der Waals surface area contributed by atoms with Gasteiger partial charge in [0.15, 0.2) is 0 Å². The first-order valence-electron chi connectivity index (χ1n) is 6.09. The number of hydrogen-bond acceptors (Lipinski definition) is 4. The molecule has 2 aliphatic heterocycles. The Labute approximate surface area is 109 Å². The molecule has 19 heavy (non-hydrogen) atoms. The number of carbonyl (C=O) groups excluding carboxylic acids is 2. The minimum Gasteiger partial charge on any atom is -0.296 e. The van der Waals surface area contributed by atoms with Gasteiger partial charge in [-0.2, -0.15) is 0 Å². The number of fused-ring (bicyclic) bond motifs is 2. The Morgan fingerprint density at radius 3 is 2.63 bits per heavy atom. The van der Waals surface area contributed by atoms with Crippen molar-refractivity contribution in [1.82, 2.24) is 5.32 Å². The molecule has 0 atom stereocenters. The van der Waals surface area contributed by atoms with Crippen molar-refractivity contribution >= 4 is 17.5 Å². The number of amides is 2. The van der Waals surface area contributed by atoms with E-state index in [0.29, 0.717) is 24.8 Å². The molecule has 3 fully saturated rings. The predicted molar refractivity (Wildman–Crippen MR) is 65.1 cm³/mol. The maximum Gasteiger partial charge on any atom is 0.272 e. The molecule has 0 radical (unpaired) electrons. The summed E-state index contributed by atoms with van der Waals surface area (Å²) in [5, 5.41) is 13.3. The lowest BCUT2D eigenvalue weighted by Crippen LogP contribution is -2.62. The lowest BCUT2D eigenvalue weighted by Gasteiger charge is -2.49. The summed E-state index contributed by atoms with van der Waals surface area (Å²) in [6.45, 7) is 0. The van der Waals surface area contributed by atoms with Gasteiger partial charge in [-0.05, 0) is 19.3 Å². The van der Waals surface area contributed by atoms with Gasteiger partial charge >= 0.3 is 0 Å². The number of nitrogens with one attached hydrogen (secondary N) is 1. The average molecular weight is 260 g/mol. The average Bonchev–Trinajstić information content (AvgIpc) is 2.31. The van der Waals surface area contributed by atoms with E-state index in [9.17, 15) is 19.7 Å². The number of rotatable bonds is 3. The molecule has 2 saturated heterocycles. The summed E-state index contributed by atoms with van der Waals surface area (Å²) in [5.74, 6) is -0.618. The van der Waals surface area contributed by atoms with Gasteiger partial charge < -0.3 is 0 Å². The van der Waals surface area contributed by atoms with Crippen molar-refractivity contribution in [2.24, 2.45) is 11.3 Å². The van der Waals surface area contributed by atoms with Crippen LogP contribution in [0.4, 0.5) is 5.69 Å². The Kier molecular flexibility index (Phi) is 2.41. The van der Waals surface area contributed by atoms with Crippen LogP contribution in [0, 0.1) is 21.4 Å². The van der Waals surface area contributed by atoms with Crippen molar-refractivity contribution in [1.29, 1.82) is 0 Å². The second-order valence-electron chi connectivity index (χ2n) is 5.27. The monoisotopic (exact) mass is 260 g/mol. The summed E-state index contributed by atoms with van der Waals surface area (Å²) in [6, 6.07) is 6.44. The van der Waals surface area contributed by atoms with Crippen molar-refractivity contribution in [3.8, 4) is 0 Å². The lowest BCUT2D eigenvalue weighted by molar-refractivity contribution is -0.385. The zero-order valence-corrected chi connectivity index (χ0v) is 10.1. The molecule has 3 aliphatic rings. The fourth-order valence-electron chi connectivity index (χ4n) is 3.03. The van der Waals surface area contributed by atoms with E-state index >= 15 is 0 Å². The van der Waals surface area contributed by atoms with E-state index in [2.05, 4.69) is 5.32 Å². The maximum atomic E-state index is 11.9. The highest BCUT2D eigenvalue weighted by Gasteiger charge is 2.57. The van der Waals surface area contributed by atoms with Gasteiger partial charge in [-0.15, -0.1) is 0 Å². The quantitative estimate of drug-likeness (QED) is 0.502. The van der Waals surface area contributed by atoms with Crippen LogP contribution in [0.2, 0.25) is 0 Å². The van der Waals surface area contributed by atoms with Gasteiger partial charge in [-0.3, -0.25) is 25.0 Å². The molecule has 2 heterocycles. The van der Waals surface area contributed by atoms with Crippen LogP contribution in [-0.2, 0) is 16.0 Å². The van der Waals surface area contributed by atoms with Crippen molar-refractivity contribution in [3.05, 3.63) is 39.9 Å². The summed E-state index contributed by atoms with van der Waals surface area (Å²) >= 11 is 0. The molecule has 6 nitrogen and oxygen atoms in total. The molecule has 2 bridgehead atoms. The van der Waals surface area contributed by atoms with Crippen LogP contribution >= 0.6 is 0 Å². The number of para-hydroxylation sites is 1.